The summed E-state index contributed by atoms with van der Waals surface area (Å²) in [5.41, 5.74) is 8.73. The predicted octanol–water partition coefficient (Wildman–Crippen LogP) is 2.61. The summed E-state index contributed by atoms with van der Waals surface area (Å²) in [6, 6.07) is 9.05. The zero-order chi connectivity index (χ0) is 12.3. The molecule has 4 nitrogen and oxygen atoms in total. The number of nitrogen functional groups attached to an aromatic ring is 1. The molecule has 2 aromatic rings. The fourth-order valence-electron chi connectivity index (χ4n) is 1.46. The van der Waals surface area contributed by atoms with Crippen molar-refractivity contribution in [1.29, 1.82) is 0 Å². The van der Waals surface area contributed by atoms with Gasteiger partial charge in [0.2, 0.25) is 0 Å². The van der Waals surface area contributed by atoms with Gasteiger partial charge in [0, 0.05) is 17.4 Å². The van der Waals surface area contributed by atoms with Crippen molar-refractivity contribution in [2.24, 2.45) is 0 Å². The Morgan fingerprint density at radius 1 is 1.24 bits per heavy atom. The van der Waals surface area contributed by atoms with Crippen LogP contribution in [-0.2, 0) is 0 Å². The molecule has 0 atom stereocenters. The number of hydrogen-bond acceptors (Lipinski definition) is 4. The lowest BCUT2D eigenvalue weighted by atomic mass is 10.1. The number of hydrogen-bond donors (Lipinski definition) is 2. The Labute approximate surface area is 99.5 Å². The maximum absolute atomic E-state index is 11.1. The van der Waals surface area contributed by atoms with E-state index >= 15 is 0 Å². The normalized spacial score (nSPS) is 9.94. The van der Waals surface area contributed by atoms with Gasteiger partial charge in [-0.15, -0.1) is 0 Å². The third kappa shape index (κ3) is 2.60. The number of aromatic nitrogens is 1. The summed E-state index contributed by atoms with van der Waals surface area (Å²) in [6.45, 7) is 1.54. The van der Waals surface area contributed by atoms with E-state index in [4.69, 9.17) is 5.73 Å². The second-order valence-corrected chi connectivity index (χ2v) is 3.72. The topological polar surface area (TPSA) is 68.0 Å². The first-order valence-corrected chi connectivity index (χ1v) is 5.24. The fourth-order valence-corrected chi connectivity index (χ4v) is 1.46. The second kappa shape index (κ2) is 4.65. The molecule has 2 rings (SSSR count). The Balaban J connectivity index is 2.20. The first-order valence-electron chi connectivity index (χ1n) is 5.24. The zero-order valence-electron chi connectivity index (χ0n) is 9.47. The summed E-state index contributed by atoms with van der Waals surface area (Å²) >= 11 is 0. The van der Waals surface area contributed by atoms with E-state index in [9.17, 15) is 4.79 Å². The Kier molecular flexibility index (Phi) is 3.05. The van der Waals surface area contributed by atoms with Crippen LogP contribution in [0.1, 0.15) is 17.3 Å². The van der Waals surface area contributed by atoms with Crippen molar-refractivity contribution in [3.05, 3.63) is 48.3 Å². The minimum atomic E-state index is 0.0555. The van der Waals surface area contributed by atoms with Crippen molar-refractivity contribution in [2.45, 2.75) is 6.92 Å². The van der Waals surface area contributed by atoms with Gasteiger partial charge in [-0.1, -0.05) is 0 Å². The van der Waals surface area contributed by atoms with E-state index in [1.807, 2.05) is 12.1 Å². The van der Waals surface area contributed by atoms with Gasteiger partial charge in [-0.2, -0.15) is 0 Å². The number of pyridine rings is 1. The van der Waals surface area contributed by atoms with E-state index in [0.29, 0.717) is 11.3 Å². The number of rotatable bonds is 3. The molecule has 3 N–H and O–H groups in total. The van der Waals surface area contributed by atoms with Crippen molar-refractivity contribution in [1.82, 2.24) is 4.98 Å². The van der Waals surface area contributed by atoms with Gasteiger partial charge in [0.15, 0.2) is 5.78 Å². The summed E-state index contributed by atoms with van der Waals surface area (Å²) in [4.78, 5) is 15.0. The highest BCUT2D eigenvalue weighted by molar-refractivity contribution is 5.94. The number of carbonyl (C=O) groups is 1. The minimum absolute atomic E-state index is 0.0555. The van der Waals surface area contributed by atoms with Crippen LogP contribution in [0.3, 0.4) is 0 Å². The molecule has 1 aromatic heterocycles. The van der Waals surface area contributed by atoms with Gasteiger partial charge >= 0.3 is 0 Å². The molecular weight excluding hydrogens is 214 g/mol. The number of carbonyl (C=O) groups excluding carboxylic acids is 1. The molecule has 4 heteroatoms. The lowest BCUT2D eigenvalue weighted by molar-refractivity contribution is 0.101. The van der Waals surface area contributed by atoms with Gasteiger partial charge in [0.25, 0.3) is 0 Å². The van der Waals surface area contributed by atoms with Gasteiger partial charge in [-0.3, -0.25) is 9.78 Å². The van der Waals surface area contributed by atoms with Crippen molar-refractivity contribution < 1.29 is 4.79 Å². The summed E-state index contributed by atoms with van der Waals surface area (Å²) in [5, 5.41) is 3.16. The molecule has 0 saturated carbocycles. The lowest BCUT2D eigenvalue weighted by Crippen LogP contribution is -1.97. The number of benzene rings is 1. The van der Waals surface area contributed by atoms with Crippen LogP contribution < -0.4 is 11.1 Å². The van der Waals surface area contributed by atoms with Crippen LogP contribution in [0.25, 0.3) is 0 Å². The second-order valence-electron chi connectivity index (χ2n) is 3.72. The van der Waals surface area contributed by atoms with Gasteiger partial charge in [-0.25, -0.2) is 0 Å². The quantitative estimate of drug-likeness (QED) is 0.791. The lowest BCUT2D eigenvalue weighted by Gasteiger charge is -2.08. The SMILES string of the molecule is CC(=O)c1ccc(Nc2ccncc2N)cc1. The molecule has 0 aliphatic carbocycles. The summed E-state index contributed by atoms with van der Waals surface area (Å²) in [5.74, 6) is 0.0555. The van der Waals surface area contributed by atoms with Crippen molar-refractivity contribution >= 4 is 22.8 Å². The average molecular weight is 227 g/mol. The predicted molar refractivity (Wildman–Crippen MR) is 68.4 cm³/mol. The van der Waals surface area contributed by atoms with Crippen molar-refractivity contribution in [3.63, 3.8) is 0 Å². The summed E-state index contributed by atoms with van der Waals surface area (Å²) in [6.07, 6.45) is 3.26. The molecule has 0 bridgehead atoms. The van der Waals surface area contributed by atoms with Gasteiger partial charge < -0.3 is 11.1 Å². The van der Waals surface area contributed by atoms with E-state index in [0.717, 1.165) is 11.4 Å². The van der Waals surface area contributed by atoms with Crippen LogP contribution in [0.15, 0.2) is 42.7 Å². The van der Waals surface area contributed by atoms with Gasteiger partial charge in [0.05, 0.1) is 17.6 Å². The van der Waals surface area contributed by atoms with E-state index < -0.39 is 0 Å². The van der Waals surface area contributed by atoms with Crippen LogP contribution >= 0.6 is 0 Å². The molecular formula is C13H13N3O. The first kappa shape index (κ1) is 11.1. The highest BCUT2D eigenvalue weighted by Gasteiger charge is 2.01. The van der Waals surface area contributed by atoms with Crippen molar-refractivity contribution in [2.75, 3.05) is 11.1 Å². The molecule has 86 valence electrons. The number of nitrogens with zero attached hydrogens (tertiary/aromatic N) is 1. The molecule has 1 aromatic carbocycles. The first-order chi connectivity index (χ1) is 8.16. The number of nitrogens with one attached hydrogen (secondary N) is 1. The molecule has 0 radical (unpaired) electrons. The summed E-state index contributed by atoms with van der Waals surface area (Å²) in [7, 11) is 0. The van der Waals surface area contributed by atoms with E-state index in [-0.39, 0.29) is 5.78 Å². The molecule has 0 fully saturated rings. The smallest absolute Gasteiger partial charge is 0.159 e. The van der Waals surface area contributed by atoms with Gasteiger partial charge in [-0.05, 0) is 37.3 Å². The Morgan fingerprint density at radius 2 is 1.94 bits per heavy atom. The van der Waals surface area contributed by atoms with Crippen LogP contribution in [0, 0.1) is 0 Å². The van der Waals surface area contributed by atoms with Crippen LogP contribution in [0.4, 0.5) is 17.1 Å². The maximum Gasteiger partial charge on any atom is 0.159 e. The number of nitrogens with two attached hydrogens (primary N) is 1. The molecule has 1 heterocycles. The Bertz CT molecular complexity index is 535. The standard InChI is InChI=1S/C13H13N3O/c1-9(17)10-2-4-11(5-3-10)16-13-6-7-15-8-12(13)14/h2-8H,14H2,1H3,(H,15,16). The van der Waals surface area contributed by atoms with E-state index in [1.165, 1.54) is 0 Å². The molecule has 0 unspecified atom stereocenters. The van der Waals surface area contributed by atoms with Gasteiger partial charge in [0.1, 0.15) is 0 Å². The largest absolute Gasteiger partial charge is 0.396 e. The zero-order valence-corrected chi connectivity index (χ0v) is 9.47. The van der Waals surface area contributed by atoms with Crippen LogP contribution in [-0.4, -0.2) is 10.8 Å². The van der Waals surface area contributed by atoms with Crippen LogP contribution in [0.2, 0.25) is 0 Å². The van der Waals surface area contributed by atoms with E-state index in [2.05, 4.69) is 10.3 Å². The molecule has 0 spiro atoms. The molecule has 17 heavy (non-hydrogen) atoms. The van der Waals surface area contributed by atoms with Crippen LogP contribution in [0.5, 0.6) is 0 Å². The Morgan fingerprint density at radius 3 is 2.53 bits per heavy atom. The highest BCUT2D eigenvalue weighted by atomic mass is 16.1. The maximum atomic E-state index is 11.1. The third-order valence-corrected chi connectivity index (χ3v) is 2.42. The fraction of sp³-hybridized carbons (Fsp3) is 0.0769. The van der Waals surface area contributed by atoms with E-state index in [1.54, 1.807) is 37.5 Å². The monoisotopic (exact) mass is 227 g/mol. The number of ketones is 1. The highest BCUT2D eigenvalue weighted by Crippen LogP contribution is 2.21. The van der Waals surface area contributed by atoms with Crippen molar-refractivity contribution in [3.8, 4) is 0 Å². The average Bonchev–Trinajstić information content (AvgIpc) is 2.33. The molecule has 0 amide bonds. The summed E-state index contributed by atoms with van der Waals surface area (Å²) < 4.78 is 0. The Hall–Kier alpha value is -2.36. The molecule has 0 saturated heterocycles. The molecule has 0 aliphatic heterocycles. The third-order valence-electron chi connectivity index (χ3n) is 2.42. The molecule has 0 aliphatic rings. The number of anilines is 3. The number of Topliss-reactive ketones (excluding diaryl/α,β-unsaturated/α-hetero) is 1. The minimum Gasteiger partial charge on any atom is -0.396 e.